The monoisotopic (exact) mass is 537 g/mol. The molecule has 0 saturated carbocycles. The summed E-state index contributed by atoms with van der Waals surface area (Å²) < 4.78 is 6.62. The Morgan fingerprint density at radius 3 is 2.44 bits per heavy atom. The lowest BCUT2D eigenvalue weighted by Crippen LogP contribution is -2.60. The van der Waals surface area contributed by atoms with Crippen molar-refractivity contribution in [2.45, 2.75) is 76.3 Å². The van der Waals surface area contributed by atoms with Crippen LogP contribution in [0.3, 0.4) is 0 Å². The molecule has 1 aromatic carbocycles. The number of aliphatic hydroxyl groups excluding tert-OH is 1. The molecule has 1 spiro atoms. The van der Waals surface area contributed by atoms with Crippen molar-refractivity contribution in [1.29, 1.82) is 0 Å². The third kappa shape index (κ3) is 5.29. The SMILES string of the molecule is C=CCN(Cc1ccccc1)C(=O)[C@@H]1[C@@H]2CCC3(O2)C(C(=O)N(CC=C)C(C)(C)C)N(CCCCO)C(=O)[C@H]13. The molecule has 0 aliphatic carbocycles. The van der Waals surface area contributed by atoms with Crippen molar-refractivity contribution in [3.05, 3.63) is 61.2 Å². The van der Waals surface area contributed by atoms with Crippen molar-refractivity contribution in [2.75, 3.05) is 26.2 Å². The Kier molecular flexibility index (Phi) is 8.66. The third-order valence-corrected chi connectivity index (χ3v) is 8.39. The number of fused-ring (bicyclic) bond motifs is 1. The Morgan fingerprint density at radius 2 is 1.82 bits per heavy atom. The van der Waals surface area contributed by atoms with Crippen molar-refractivity contribution in [2.24, 2.45) is 11.8 Å². The summed E-state index contributed by atoms with van der Waals surface area (Å²) in [6, 6.07) is 8.93. The minimum Gasteiger partial charge on any atom is -0.396 e. The number of carbonyl (C=O) groups excluding carboxylic acids is 3. The van der Waals surface area contributed by atoms with E-state index in [1.54, 1.807) is 26.9 Å². The van der Waals surface area contributed by atoms with E-state index in [1.165, 1.54) is 0 Å². The normalized spacial score (nSPS) is 27.4. The number of unbranched alkanes of at least 4 members (excludes halogenated alkanes) is 1. The molecule has 3 aliphatic heterocycles. The summed E-state index contributed by atoms with van der Waals surface area (Å²) in [5.74, 6) is -1.89. The molecule has 3 saturated heterocycles. The molecule has 2 bridgehead atoms. The molecule has 1 aromatic rings. The highest BCUT2D eigenvalue weighted by Crippen LogP contribution is 2.59. The second kappa shape index (κ2) is 11.6. The van der Waals surface area contributed by atoms with Gasteiger partial charge >= 0.3 is 0 Å². The number of carbonyl (C=O) groups is 3. The van der Waals surface area contributed by atoms with Crippen LogP contribution in [-0.4, -0.2) is 87.1 Å². The summed E-state index contributed by atoms with van der Waals surface area (Å²) in [7, 11) is 0. The predicted octanol–water partition coefficient (Wildman–Crippen LogP) is 3.16. The standard InChI is InChI=1S/C31H43N3O5/c1-6-17-32(21-22-13-9-8-10-14-22)27(36)24-23-15-16-31(39-23)25(24)28(37)33(19-11-12-20-35)26(31)29(38)34(18-7-2)30(3,4)5/h6-10,13-14,23-26,35H,1-2,11-12,15-21H2,3-5H3/t23-,24+,25-,26?,31?/m0/s1. The van der Waals surface area contributed by atoms with Crippen LogP contribution < -0.4 is 0 Å². The fourth-order valence-electron chi connectivity index (χ4n) is 6.72. The smallest absolute Gasteiger partial charge is 0.249 e. The maximum atomic E-state index is 14.3. The van der Waals surface area contributed by atoms with E-state index in [-0.39, 0.29) is 24.3 Å². The molecular weight excluding hydrogens is 494 g/mol. The Balaban J connectivity index is 1.71. The Bertz CT molecular complexity index is 1080. The molecule has 1 N–H and O–H groups in total. The van der Waals surface area contributed by atoms with Crippen molar-refractivity contribution < 1.29 is 24.2 Å². The van der Waals surface area contributed by atoms with E-state index in [1.807, 2.05) is 51.1 Å². The molecule has 3 aliphatic rings. The first-order chi connectivity index (χ1) is 18.6. The maximum Gasteiger partial charge on any atom is 0.249 e. The summed E-state index contributed by atoms with van der Waals surface area (Å²) in [5.41, 5.74) is -0.550. The first kappa shape index (κ1) is 29.0. The van der Waals surface area contributed by atoms with Gasteiger partial charge in [-0.1, -0.05) is 42.5 Å². The van der Waals surface area contributed by atoms with Gasteiger partial charge in [-0.3, -0.25) is 14.4 Å². The first-order valence-corrected chi connectivity index (χ1v) is 14.1. The molecule has 2 unspecified atom stereocenters. The van der Waals surface area contributed by atoms with Crippen LogP contribution in [0.25, 0.3) is 0 Å². The average molecular weight is 538 g/mol. The molecule has 8 nitrogen and oxygen atoms in total. The lowest BCUT2D eigenvalue weighted by atomic mass is 9.70. The van der Waals surface area contributed by atoms with E-state index in [4.69, 9.17) is 4.74 Å². The summed E-state index contributed by atoms with van der Waals surface area (Å²) in [4.78, 5) is 47.7. The Labute approximate surface area is 232 Å². The summed E-state index contributed by atoms with van der Waals surface area (Å²) in [6.45, 7) is 15.0. The zero-order valence-corrected chi connectivity index (χ0v) is 23.6. The van der Waals surface area contributed by atoms with Crippen LogP contribution in [-0.2, 0) is 25.7 Å². The van der Waals surface area contributed by atoms with Gasteiger partial charge in [0.2, 0.25) is 17.7 Å². The highest BCUT2D eigenvalue weighted by molar-refractivity contribution is 5.99. The lowest BCUT2D eigenvalue weighted by molar-refractivity contribution is -0.151. The lowest BCUT2D eigenvalue weighted by Gasteiger charge is -2.42. The zero-order valence-electron chi connectivity index (χ0n) is 23.6. The summed E-state index contributed by atoms with van der Waals surface area (Å²) in [6.07, 6.45) is 5.24. The summed E-state index contributed by atoms with van der Waals surface area (Å²) in [5, 5.41) is 9.39. The highest BCUT2D eigenvalue weighted by Gasteiger charge is 2.75. The first-order valence-electron chi connectivity index (χ1n) is 14.1. The van der Waals surface area contributed by atoms with Gasteiger partial charge in [0.05, 0.1) is 17.9 Å². The van der Waals surface area contributed by atoms with Gasteiger partial charge < -0.3 is 24.5 Å². The molecule has 3 amide bonds. The van der Waals surface area contributed by atoms with Crippen molar-refractivity contribution in [3.8, 4) is 0 Å². The number of nitrogens with zero attached hydrogens (tertiary/aromatic N) is 3. The largest absolute Gasteiger partial charge is 0.396 e. The van der Waals surface area contributed by atoms with Gasteiger partial charge in [0.1, 0.15) is 11.6 Å². The molecule has 0 aromatic heterocycles. The number of aliphatic hydroxyl groups is 1. The van der Waals surface area contributed by atoms with E-state index in [0.717, 1.165) is 5.56 Å². The van der Waals surface area contributed by atoms with Crippen molar-refractivity contribution >= 4 is 17.7 Å². The molecule has 3 fully saturated rings. The predicted molar refractivity (Wildman–Crippen MR) is 149 cm³/mol. The van der Waals surface area contributed by atoms with Crippen LogP contribution in [0, 0.1) is 11.8 Å². The molecule has 4 rings (SSSR count). The van der Waals surface area contributed by atoms with Crippen LogP contribution in [0.5, 0.6) is 0 Å². The molecular formula is C31H43N3O5. The van der Waals surface area contributed by atoms with Crippen molar-refractivity contribution in [1.82, 2.24) is 14.7 Å². The van der Waals surface area contributed by atoms with Crippen LogP contribution in [0.1, 0.15) is 52.0 Å². The van der Waals surface area contributed by atoms with Gasteiger partial charge in [-0.25, -0.2) is 0 Å². The average Bonchev–Trinajstić information content (AvgIpc) is 3.54. The van der Waals surface area contributed by atoms with E-state index >= 15 is 0 Å². The second-order valence-electron chi connectivity index (χ2n) is 11.9. The molecule has 0 radical (unpaired) electrons. The number of hydrogen-bond donors (Lipinski definition) is 1. The van der Waals surface area contributed by atoms with Gasteiger partial charge in [0.25, 0.3) is 0 Å². The number of benzene rings is 1. The topological polar surface area (TPSA) is 90.4 Å². The zero-order chi connectivity index (χ0) is 28.4. The van der Waals surface area contributed by atoms with Gasteiger partial charge in [-0.2, -0.15) is 0 Å². The number of likely N-dealkylation sites (tertiary alicyclic amines) is 1. The van der Waals surface area contributed by atoms with E-state index in [0.29, 0.717) is 51.9 Å². The fraction of sp³-hybridized carbons (Fsp3) is 0.581. The van der Waals surface area contributed by atoms with Crippen molar-refractivity contribution in [3.63, 3.8) is 0 Å². The highest BCUT2D eigenvalue weighted by atomic mass is 16.5. The Hall–Kier alpha value is -2.97. The van der Waals surface area contributed by atoms with E-state index in [9.17, 15) is 19.5 Å². The van der Waals surface area contributed by atoms with Gasteiger partial charge in [0.15, 0.2) is 0 Å². The molecule has 5 atom stereocenters. The number of amides is 3. The molecule has 39 heavy (non-hydrogen) atoms. The number of hydrogen-bond acceptors (Lipinski definition) is 5. The third-order valence-electron chi connectivity index (χ3n) is 8.39. The molecule has 212 valence electrons. The minimum atomic E-state index is -1.05. The maximum absolute atomic E-state index is 14.3. The number of rotatable bonds is 12. The number of ether oxygens (including phenoxy) is 1. The minimum absolute atomic E-state index is 0.00940. The fourth-order valence-corrected chi connectivity index (χ4v) is 6.72. The molecule has 8 heteroatoms. The van der Waals surface area contributed by atoms with Gasteiger partial charge in [-0.15, -0.1) is 13.2 Å². The van der Waals surface area contributed by atoms with E-state index in [2.05, 4.69) is 13.2 Å². The summed E-state index contributed by atoms with van der Waals surface area (Å²) >= 11 is 0. The van der Waals surface area contributed by atoms with Crippen LogP contribution in [0.2, 0.25) is 0 Å². The van der Waals surface area contributed by atoms with Crippen LogP contribution in [0.15, 0.2) is 55.6 Å². The second-order valence-corrected chi connectivity index (χ2v) is 11.9. The molecule has 3 heterocycles. The van der Waals surface area contributed by atoms with Gasteiger partial charge in [0, 0.05) is 38.3 Å². The van der Waals surface area contributed by atoms with E-state index < -0.39 is 35.1 Å². The Morgan fingerprint density at radius 1 is 1.13 bits per heavy atom. The van der Waals surface area contributed by atoms with Crippen LogP contribution in [0.4, 0.5) is 0 Å². The van der Waals surface area contributed by atoms with Gasteiger partial charge in [-0.05, 0) is 52.0 Å². The van der Waals surface area contributed by atoms with Crippen LogP contribution >= 0.6 is 0 Å². The quantitative estimate of drug-likeness (QED) is 0.327.